The van der Waals surface area contributed by atoms with Gasteiger partial charge in [-0.2, -0.15) is 0 Å². The van der Waals surface area contributed by atoms with E-state index in [-0.39, 0.29) is 0 Å². The lowest BCUT2D eigenvalue weighted by Crippen LogP contribution is -2.45. The molecule has 1 aliphatic carbocycles. The molecule has 0 fully saturated rings. The Labute approximate surface area is 147 Å². The summed E-state index contributed by atoms with van der Waals surface area (Å²) in [6.07, 6.45) is 7.15. The number of allylic oxidation sites excluding steroid dienone is 3. The van der Waals surface area contributed by atoms with Gasteiger partial charge >= 0.3 is 0 Å². The summed E-state index contributed by atoms with van der Waals surface area (Å²) in [5.74, 6) is 0.324. The van der Waals surface area contributed by atoms with Gasteiger partial charge in [0.15, 0.2) is 5.78 Å². The average Bonchev–Trinajstić information content (AvgIpc) is 2.55. The molecule has 1 aromatic carbocycles. The van der Waals surface area contributed by atoms with Gasteiger partial charge in [0.2, 0.25) is 0 Å². The lowest BCUT2D eigenvalue weighted by atomic mass is 9.89. The molecule has 128 valence electrons. The Kier molecular flexibility index (Phi) is 4.82. The highest BCUT2D eigenvalue weighted by atomic mass is 28.3. The Bertz CT molecular complexity index is 669. The Morgan fingerprint density at radius 1 is 1.17 bits per heavy atom. The van der Waals surface area contributed by atoms with Crippen LogP contribution >= 0.6 is 0 Å². The van der Waals surface area contributed by atoms with Crippen LogP contribution in [0, 0.1) is 0 Å². The van der Waals surface area contributed by atoms with E-state index in [0.717, 1.165) is 25.0 Å². The Hall–Kier alpha value is -1.61. The summed E-state index contributed by atoms with van der Waals surface area (Å²) in [7, 11) is -1.28. The van der Waals surface area contributed by atoms with Crippen LogP contribution in [-0.4, -0.2) is 24.8 Å². The predicted molar refractivity (Wildman–Crippen MR) is 104 cm³/mol. The fourth-order valence-corrected chi connectivity index (χ4v) is 5.06. The SMILES string of the molecule is C[C@H]([C@H]1C=CC2=C(CCCC2=O)N1Cc1ccccc1)[Si](C)(C)C. The van der Waals surface area contributed by atoms with Crippen molar-refractivity contribution < 1.29 is 4.79 Å². The van der Waals surface area contributed by atoms with Crippen molar-refractivity contribution in [3.63, 3.8) is 0 Å². The van der Waals surface area contributed by atoms with Gasteiger partial charge in [-0.25, -0.2) is 0 Å². The molecule has 0 spiro atoms. The summed E-state index contributed by atoms with van der Waals surface area (Å²) in [4.78, 5) is 14.9. The van der Waals surface area contributed by atoms with Crippen LogP contribution in [0.3, 0.4) is 0 Å². The first-order valence-corrected chi connectivity index (χ1v) is 12.7. The van der Waals surface area contributed by atoms with Crippen molar-refractivity contribution in [2.45, 2.75) is 64.0 Å². The molecule has 0 saturated carbocycles. The Morgan fingerprint density at radius 3 is 2.54 bits per heavy atom. The minimum Gasteiger partial charge on any atom is -0.363 e. The second-order valence-corrected chi connectivity index (χ2v) is 13.9. The number of rotatable bonds is 4. The third-order valence-electron chi connectivity index (χ3n) is 5.67. The highest BCUT2D eigenvalue weighted by Crippen LogP contribution is 2.39. The molecule has 24 heavy (non-hydrogen) atoms. The minimum atomic E-state index is -1.28. The number of ketones is 1. The zero-order chi connectivity index (χ0) is 17.3. The second kappa shape index (κ2) is 6.71. The number of carbonyl (C=O) groups is 1. The maximum Gasteiger partial charge on any atom is 0.164 e. The first-order chi connectivity index (χ1) is 11.4. The summed E-state index contributed by atoms with van der Waals surface area (Å²) in [6.45, 7) is 10.6. The maximum absolute atomic E-state index is 12.4. The zero-order valence-corrected chi connectivity index (χ0v) is 16.4. The van der Waals surface area contributed by atoms with Gasteiger partial charge in [0.1, 0.15) is 0 Å². The first kappa shape index (κ1) is 17.2. The monoisotopic (exact) mass is 339 g/mol. The van der Waals surface area contributed by atoms with E-state index in [2.05, 4.69) is 73.9 Å². The van der Waals surface area contributed by atoms with Crippen LogP contribution < -0.4 is 0 Å². The van der Waals surface area contributed by atoms with E-state index in [9.17, 15) is 4.79 Å². The van der Waals surface area contributed by atoms with Crippen LogP contribution in [0.25, 0.3) is 0 Å². The lowest BCUT2D eigenvalue weighted by Gasteiger charge is -2.45. The fraction of sp³-hybridized carbons (Fsp3) is 0.476. The molecule has 0 bridgehead atoms. The van der Waals surface area contributed by atoms with E-state index >= 15 is 0 Å². The molecular formula is C21H29NOSi. The molecule has 2 aliphatic rings. The number of Topliss-reactive ketones (excluding diaryl/α,β-unsaturated/α-hetero) is 1. The molecule has 2 atom stereocenters. The number of benzene rings is 1. The standard InChI is InChI=1S/C21H29NOSi/c1-16(24(2,3)4)19-14-13-18-20(11-8-12-21(18)23)22(19)15-17-9-6-5-7-10-17/h5-7,9-10,13-14,16,19H,8,11-12,15H2,1-4H3/t16-,19-/m1/s1. The molecule has 2 nitrogen and oxygen atoms in total. The summed E-state index contributed by atoms with van der Waals surface area (Å²) < 4.78 is 0. The molecule has 3 heteroatoms. The maximum atomic E-state index is 12.4. The topological polar surface area (TPSA) is 20.3 Å². The molecule has 1 aromatic rings. The molecule has 3 rings (SSSR count). The third-order valence-corrected chi connectivity index (χ3v) is 8.74. The van der Waals surface area contributed by atoms with E-state index in [1.54, 1.807) is 0 Å². The largest absolute Gasteiger partial charge is 0.363 e. The predicted octanol–water partition coefficient (Wildman–Crippen LogP) is 5.16. The van der Waals surface area contributed by atoms with Gasteiger partial charge in [-0.3, -0.25) is 4.79 Å². The number of nitrogens with zero attached hydrogens (tertiary/aromatic N) is 1. The molecule has 0 aromatic heterocycles. The van der Waals surface area contributed by atoms with E-state index in [4.69, 9.17) is 0 Å². The molecule has 0 saturated heterocycles. The van der Waals surface area contributed by atoms with Crippen molar-refractivity contribution in [3.8, 4) is 0 Å². The van der Waals surface area contributed by atoms with Crippen LogP contribution in [0.15, 0.2) is 53.8 Å². The summed E-state index contributed by atoms with van der Waals surface area (Å²) in [5, 5.41) is 0. The van der Waals surface area contributed by atoms with Gasteiger partial charge < -0.3 is 4.90 Å². The highest BCUT2D eigenvalue weighted by molar-refractivity contribution is 6.77. The summed E-state index contributed by atoms with van der Waals surface area (Å²) in [6, 6.07) is 11.1. The van der Waals surface area contributed by atoms with Crippen molar-refractivity contribution >= 4 is 13.9 Å². The van der Waals surface area contributed by atoms with Crippen LogP contribution in [0.5, 0.6) is 0 Å². The number of hydrogen-bond acceptors (Lipinski definition) is 2. The summed E-state index contributed by atoms with van der Waals surface area (Å²) in [5.41, 5.74) is 4.22. The molecule has 0 N–H and O–H groups in total. The van der Waals surface area contributed by atoms with Crippen molar-refractivity contribution in [3.05, 3.63) is 59.3 Å². The average molecular weight is 340 g/mol. The third kappa shape index (κ3) is 3.41. The fourth-order valence-electron chi connectivity index (χ4n) is 3.74. The minimum absolute atomic E-state index is 0.324. The lowest BCUT2D eigenvalue weighted by molar-refractivity contribution is -0.116. The van der Waals surface area contributed by atoms with Gasteiger partial charge in [-0.1, -0.05) is 69.0 Å². The van der Waals surface area contributed by atoms with E-state index < -0.39 is 8.07 Å². The van der Waals surface area contributed by atoms with E-state index in [1.165, 1.54) is 11.3 Å². The highest BCUT2D eigenvalue weighted by Gasteiger charge is 2.37. The Balaban J connectivity index is 1.98. The van der Waals surface area contributed by atoms with Crippen LogP contribution in [-0.2, 0) is 11.3 Å². The van der Waals surface area contributed by atoms with E-state index in [1.807, 2.05) is 0 Å². The molecule has 0 radical (unpaired) electrons. The van der Waals surface area contributed by atoms with E-state index in [0.29, 0.717) is 23.8 Å². The van der Waals surface area contributed by atoms with Crippen LogP contribution in [0.1, 0.15) is 31.7 Å². The quantitative estimate of drug-likeness (QED) is 0.706. The number of carbonyl (C=O) groups excluding carboxylic acids is 1. The van der Waals surface area contributed by atoms with Gasteiger partial charge in [0.25, 0.3) is 0 Å². The van der Waals surface area contributed by atoms with Gasteiger partial charge in [0.05, 0.1) is 0 Å². The smallest absolute Gasteiger partial charge is 0.164 e. The molecule has 1 aliphatic heterocycles. The Morgan fingerprint density at radius 2 is 1.88 bits per heavy atom. The molecular weight excluding hydrogens is 310 g/mol. The van der Waals surface area contributed by atoms with Crippen LogP contribution in [0.4, 0.5) is 0 Å². The van der Waals surface area contributed by atoms with Crippen molar-refractivity contribution in [1.82, 2.24) is 4.90 Å². The van der Waals surface area contributed by atoms with Gasteiger partial charge in [0, 0.05) is 38.4 Å². The first-order valence-electron chi connectivity index (χ1n) is 9.13. The van der Waals surface area contributed by atoms with Crippen molar-refractivity contribution in [2.75, 3.05) is 0 Å². The summed E-state index contributed by atoms with van der Waals surface area (Å²) >= 11 is 0. The van der Waals surface area contributed by atoms with Crippen LogP contribution in [0.2, 0.25) is 25.2 Å². The molecule has 0 unspecified atom stereocenters. The van der Waals surface area contributed by atoms with Crippen molar-refractivity contribution in [2.24, 2.45) is 0 Å². The van der Waals surface area contributed by atoms with Crippen molar-refractivity contribution in [1.29, 1.82) is 0 Å². The number of hydrogen-bond donors (Lipinski definition) is 0. The van der Waals surface area contributed by atoms with Gasteiger partial charge in [-0.15, -0.1) is 0 Å². The molecule has 0 amide bonds. The second-order valence-electron chi connectivity index (χ2n) is 8.26. The normalized spacial score (nSPS) is 22.6. The molecule has 1 heterocycles. The van der Waals surface area contributed by atoms with Gasteiger partial charge in [-0.05, 0) is 23.9 Å². The zero-order valence-electron chi connectivity index (χ0n) is 15.4.